The molecule has 3 rings (SSSR count). The van der Waals surface area contributed by atoms with Gasteiger partial charge in [0, 0.05) is 17.6 Å². The molecule has 212 valence electrons. The van der Waals surface area contributed by atoms with Crippen LogP contribution in [0.25, 0.3) is 0 Å². The maximum atomic E-state index is 8.00. The van der Waals surface area contributed by atoms with E-state index in [1.54, 1.807) is 12.3 Å². The Morgan fingerprint density at radius 1 is 1.00 bits per heavy atom. The van der Waals surface area contributed by atoms with E-state index in [0.29, 0.717) is 16.1 Å². The highest BCUT2D eigenvalue weighted by atomic mass is 35.5. The fourth-order valence-electron chi connectivity index (χ4n) is 4.24. The van der Waals surface area contributed by atoms with Gasteiger partial charge in [-0.25, -0.2) is 0 Å². The lowest BCUT2D eigenvalue weighted by Crippen LogP contribution is -2.42. The third-order valence-electron chi connectivity index (χ3n) is 7.05. The number of likely N-dealkylation sites (tertiary alicyclic amines) is 1. The van der Waals surface area contributed by atoms with Gasteiger partial charge in [0.1, 0.15) is 13.6 Å². The van der Waals surface area contributed by atoms with Crippen molar-refractivity contribution in [3.63, 3.8) is 0 Å². The topological polar surface area (TPSA) is 61.4 Å². The lowest BCUT2D eigenvalue weighted by molar-refractivity contribution is -0.0987. The van der Waals surface area contributed by atoms with Crippen LogP contribution in [0.2, 0.25) is 15.1 Å². The first kappa shape index (κ1) is 36.1. The summed E-state index contributed by atoms with van der Waals surface area (Å²) in [5.74, 6) is 0. The molecule has 38 heavy (non-hydrogen) atoms. The molecule has 2 N–H and O–H groups in total. The van der Waals surface area contributed by atoms with Crippen LogP contribution < -0.4 is 10.6 Å². The Morgan fingerprint density at radius 3 is 2.11 bits per heavy atom. The summed E-state index contributed by atoms with van der Waals surface area (Å²) in [7, 11) is 2.08. The van der Waals surface area contributed by atoms with Gasteiger partial charge in [0.05, 0.1) is 10.0 Å². The van der Waals surface area contributed by atoms with E-state index in [2.05, 4.69) is 68.1 Å². The number of nitrogens with one attached hydrogen (secondary N) is 2. The van der Waals surface area contributed by atoms with Crippen molar-refractivity contribution in [2.24, 2.45) is 0 Å². The van der Waals surface area contributed by atoms with Gasteiger partial charge in [-0.05, 0) is 106 Å². The van der Waals surface area contributed by atoms with Gasteiger partial charge in [0.15, 0.2) is 0 Å². The van der Waals surface area contributed by atoms with Crippen LogP contribution in [0.4, 0.5) is 0 Å². The second-order valence-electron chi connectivity index (χ2n) is 9.37. The zero-order valence-corrected chi connectivity index (χ0v) is 25.6. The normalized spacial score (nSPS) is 14.8. The van der Waals surface area contributed by atoms with Crippen molar-refractivity contribution in [3.8, 4) is 0 Å². The molecule has 1 aliphatic heterocycles. The summed E-state index contributed by atoms with van der Waals surface area (Å²) in [4.78, 5) is 18.6. The molecule has 1 unspecified atom stereocenters. The maximum absolute atomic E-state index is 8.00. The summed E-state index contributed by atoms with van der Waals surface area (Å²) in [6, 6.07) is 12.8. The summed E-state index contributed by atoms with van der Waals surface area (Å²) >= 11 is 17.7. The van der Waals surface area contributed by atoms with Crippen LogP contribution in [0.3, 0.4) is 0 Å². The zero-order chi connectivity index (χ0) is 29.1. The van der Waals surface area contributed by atoms with E-state index < -0.39 is 0 Å². The summed E-state index contributed by atoms with van der Waals surface area (Å²) < 4.78 is 0. The van der Waals surface area contributed by atoms with Crippen LogP contribution in [0.1, 0.15) is 56.2 Å². The van der Waals surface area contributed by atoms with Crippen molar-refractivity contribution in [1.82, 2.24) is 15.5 Å². The molecular formula is C30H44Cl3N3O2. The van der Waals surface area contributed by atoms with Crippen LogP contribution in [0, 0.1) is 6.92 Å². The molecule has 1 fully saturated rings. The lowest BCUT2D eigenvalue weighted by Gasteiger charge is -2.36. The highest BCUT2D eigenvalue weighted by Gasteiger charge is 2.27. The molecule has 1 saturated heterocycles. The molecular weight excluding hydrogens is 541 g/mol. The standard InChI is InChI=1S/C19H31ClN2.C9H9Cl2N.2CH2O/c1-5-19(3,16-6-7-18(20)15(2)14-16)10-13-22-11-8-17(21-4)9-12-22;1-2-12-6-7-3-4-8(10)9(11)5-7;2*1-2/h6-7,14,17,21H,5,8-13H2,1-4H3;2-5,12H,1,6H2;2*1H2. The van der Waals surface area contributed by atoms with E-state index in [1.807, 2.05) is 25.7 Å². The minimum atomic E-state index is 0.245. The quantitative estimate of drug-likeness (QED) is 0.325. The Kier molecular flexibility index (Phi) is 19.1. The number of nitrogens with zero attached hydrogens (tertiary/aromatic N) is 1. The third-order valence-corrected chi connectivity index (χ3v) is 8.21. The molecule has 0 spiro atoms. The SMILES string of the molecule is C=CNCc1ccc(Cl)c(Cl)c1.C=O.C=O.CCC(C)(CCN1CCC(NC)CC1)c1ccc(Cl)c(C)c1. The van der Waals surface area contributed by atoms with Crippen LogP contribution in [0.5, 0.6) is 0 Å². The van der Waals surface area contributed by atoms with Gasteiger partial charge in [-0.3, -0.25) is 0 Å². The molecule has 8 heteroatoms. The summed E-state index contributed by atoms with van der Waals surface area (Å²) in [6.45, 7) is 18.7. The first-order chi connectivity index (χ1) is 18.2. The smallest absolute Gasteiger partial charge is 0.106 e. The van der Waals surface area contributed by atoms with Gasteiger partial charge in [-0.1, -0.05) is 73.4 Å². The van der Waals surface area contributed by atoms with Gasteiger partial charge in [-0.2, -0.15) is 0 Å². The first-order valence-electron chi connectivity index (χ1n) is 12.7. The predicted molar refractivity (Wildman–Crippen MR) is 165 cm³/mol. The molecule has 2 aromatic carbocycles. The molecule has 5 nitrogen and oxygen atoms in total. The van der Waals surface area contributed by atoms with Gasteiger partial charge >= 0.3 is 0 Å². The highest BCUT2D eigenvalue weighted by molar-refractivity contribution is 6.42. The van der Waals surface area contributed by atoms with Crippen molar-refractivity contribution < 1.29 is 9.59 Å². The van der Waals surface area contributed by atoms with Crippen molar-refractivity contribution in [3.05, 3.63) is 80.9 Å². The zero-order valence-electron chi connectivity index (χ0n) is 23.3. The molecule has 1 heterocycles. The van der Waals surface area contributed by atoms with Crippen molar-refractivity contribution in [2.75, 3.05) is 26.7 Å². The third kappa shape index (κ3) is 12.3. The second-order valence-corrected chi connectivity index (χ2v) is 10.6. The van der Waals surface area contributed by atoms with Crippen molar-refractivity contribution >= 4 is 48.4 Å². The maximum Gasteiger partial charge on any atom is 0.106 e. The number of hydrogen-bond donors (Lipinski definition) is 2. The minimum Gasteiger partial charge on any atom is -0.387 e. The minimum absolute atomic E-state index is 0.245. The molecule has 2 aromatic rings. The van der Waals surface area contributed by atoms with Gasteiger partial charge in [0.25, 0.3) is 0 Å². The number of benzene rings is 2. The molecule has 1 atom stereocenters. The number of carbonyl (C=O) groups is 2. The van der Waals surface area contributed by atoms with E-state index >= 15 is 0 Å². The van der Waals surface area contributed by atoms with Crippen molar-refractivity contribution in [1.29, 1.82) is 0 Å². The average Bonchev–Trinajstić information content (AvgIpc) is 2.96. The average molecular weight is 585 g/mol. The second kappa shape index (κ2) is 20.1. The van der Waals surface area contributed by atoms with E-state index in [0.717, 1.165) is 17.1 Å². The van der Waals surface area contributed by atoms with Gasteiger partial charge in [0.2, 0.25) is 0 Å². The van der Waals surface area contributed by atoms with E-state index in [9.17, 15) is 0 Å². The molecule has 0 amide bonds. The van der Waals surface area contributed by atoms with E-state index in [4.69, 9.17) is 44.4 Å². The predicted octanol–water partition coefficient (Wildman–Crippen LogP) is 7.25. The Balaban J connectivity index is 0.000000723. The Hall–Kier alpha value is -1.89. The Morgan fingerprint density at radius 2 is 1.61 bits per heavy atom. The number of carbonyl (C=O) groups excluding carboxylic acids is 2. The van der Waals surface area contributed by atoms with E-state index in [-0.39, 0.29) is 5.41 Å². The molecule has 0 radical (unpaired) electrons. The summed E-state index contributed by atoms with van der Waals surface area (Å²) in [6.07, 6.45) is 6.58. The number of halogens is 3. The number of rotatable bonds is 9. The van der Waals surface area contributed by atoms with Crippen molar-refractivity contribution in [2.45, 2.75) is 64.5 Å². The fraction of sp³-hybridized carbons (Fsp3) is 0.467. The highest BCUT2D eigenvalue weighted by Crippen LogP contribution is 2.33. The molecule has 0 aromatic heterocycles. The lowest BCUT2D eigenvalue weighted by atomic mass is 9.76. The molecule has 1 aliphatic rings. The Bertz CT molecular complexity index is 950. The van der Waals surface area contributed by atoms with Crippen LogP contribution in [-0.4, -0.2) is 51.2 Å². The van der Waals surface area contributed by atoms with Gasteiger partial charge < -0.3 is 25.1 Å². The monoisotopic (exact) mass is 583 g/mol. The van der Waals surface area contributed by atoms with Crippen LogP contribution in [0.15, 0.2) is 49.2 Å². The van der Waals surface area contributed by atoms with Crippen LogP contribution >= 0.6 is 34.8 Å². The summed E-state index contributed by atoms with van der Waals surface area (Å²) in [5, 5.41) is 8.42. The van der Waals surface area contributed by atoms with Crippen LogP contribution in [-0.2, 0) is 21.5 Å². The largest absolute Gasteiger partial charge is 0.387 e. The van der Waals surface area contributed by atoms with Gasteiger partial charge in [-0.15, -0.1) is 0 Å². The van der Waals surface area contributed by atoms with E-state index in [1.165, 1.54) is 56.4 Å². The molecule has 0 saturated carbocycles. The number of piperidine rings is 1. The Labute approximate surface area is 244 Å². The summed E-state index contributed by atoms with van der Waals surface area (Å²) in [5.41, 5.74) is 3.95. The number of hydrogen-bond acceptors (Lipinski definition) is 5. The number of aryl methyl sites for hydroxylation is 1. The molecule has 0 aliphatic carbocycles. The fourth-order valence-corrected chi connectivity index (χ4v) is 4.67. The molecule has 0 bridgehead atoms. The first-order valence-corrected chi connectivity index (χ1v) is 13.9.